The lowest BCUT2D eigenvalue weighted by atomic mass is 10.1. The molecule has 1 aliphatic heterocycles. The number of carbonyl (C=O) groups excluding carboxylic acids is 2. The molecule has 7 heteroatoms. The van der Waals surface area contributed by atoms with Crippen molar-refractivity contribution in [1.29, 1.82) is 5.26 Å². The van der Waals surface area contributed by atoms with Gasteiger partial charge in [-0.05, 0) is 24.3 Å². The van der Waals surface area contributed by atoms with Crippen molar-refractivity contribution in [2.45, 2.75) is 6.42 Å². The van der Waals surface area contributed by atoms with Crippen molar-refractivity contribution < 1.29 is 19.1 Å². The van der Waals surface area contributed by atoms with Gasteiger partial charge in [0.25, 0.3) is 0 Å². The molecule has 1 unspecified atom stereocenters. The summed E-state index contributed by atoms with van der Waals surface area (Å²) in [5.41, 5.74) is 1.44. The minimum absolute atomic E-state index is 0.0874. The number of ether oxygens (including phenoxy) is 2. The van der Waals surface area contributed by atoms with Crippen molar-refractivity contribution in [3.8, 4) is 17.6 Å². The predicted molar refractivity (Wildman–Crippen MR) is 99.8 cm³/mol. The number of amides is 2. The van der Waals surface area contributed by atoms with Gasteiger partial charge in [0.15, 0.2) is 0 Å². The minimum Gasteiger partial charge on any atom is -0.497 e. The number of nitrogens with one attached hydrogen (secondary N) is 1. The van der Waals surface area contributed by atoms with Crippen LogP contribution in [0.25, 0.3) is 0 Å². The zero-order valence-electron chi connectivity index (χ0n) is 15.1. The summed E-state index contributed by atoms with van der Waals surface area (Å²) in [5.74, 6) is 0.109. The summed E-state index contributed by atoms with van der Waals surface area (Å²) in [7, 11) is 3.05. The number of hydrogen-bond acceptors (Lipinski definition) is 5. The van der Waals surface area contributed by atoms with E-state index in [1.165, 1.54) is 12.0 Å². The standard InChI is InChI=1S/C20H19N3O4/c1-26-15-7-8-16(18(10-15)27-2)22-20(25)14-9-19(24)23(12-14)17-6-4-3-5-13(17)11-21/h3-8,10,14H,9,12H2,1-2H3,(H,22,25). The van der Waals surface area contributed by atoms with Crippen molar-refractivity contribution >= 4 is 23.2 Å². The van der Waals surface area contributed by atoms with E-state index in [9.17, 15) is 14.9 Å². The molecule has 1 atom stereocenters. The summed E-state index contributed by atoms with van der Waals surface area (Å²) in [6.07, 6.45) is 0.0874. The van der Waals surface area contributed by atoms with E-state index >= 15 is 0 Å². The Morgan fingerprint density at radius 3 is 2.70 bits per heavy atom. The smallest absolute Gasteiger partial charge is 0.229 e. The van der Waals surface area contributed by atoms with E-state index in [0.29, 0.717) is 28.4 Å². The summed E-state index contributed by atoms with van der Waals surface area (Å²) in [6.45, 7) is 0.224. The monoisotopic (exact) mass is 365 g/mol. The first-order chi connectivity index (χ1) is 13.1. The fourth-order valence-electron chi connectivity index (χ4n) is 3.06. The molecule has 3 rings (SSSR count). The second-order valence-corrected chi connectivity index (χ2v) is 6.09. The van der Waals surface area contributed by atoms with Crippen molar-refractivity contribution in [3.63, 3.8) is 0 Å². The predicted octanol–water partition coefficient (Wildman–Crippen LogP) is 2.57. The summed E-state index contributed by atoms with van der Waals surface area (Å²) in [6, 6.07) is 14.0. The van der Waals surface area contributed by atoms with Gasteiger partial charge in [-0.3, -0.25) is 9.59 Å². The first-order valence-corrected chi connectivity index (χ1v) is 8.39. The molecule has 1 heterocycles. The highest BCUT2D eigenvalue weighted by Crippen LogP contribution is 2.32. The number of methoxy groups -OCH3 is 2. The highest BCUT2D eigenvalue weighted by atomic mass is 16.5. The molecule has 0 aromatic heterocycles. The van der Waals surface area contributed by atoms with E-state index in [-0.39, 0.29) is 24.8 Å². The largest absolute Gasteiger partial charge is 0.497 e. The number of carbonyl (C=O) groups is 2. The summed E-state index contributed by atoms with van der Waals surface area (Å²) in [4.78, 5) is 26.6. The van der Waals surface area contributed by atoms with Crippen LogP contribution in [-0.2, 0) is 9.59 Å². The van der Waals surface area contributed by atoms with E-state index < -0.39 is 5.92 Å². The lowest BCUT2D eigenvalue weighted by Gasteiger charge is -2.18. The van der Waals surface area contributed by atoms with Gasteiger partial charge >= 0.3 is 0 Å². The second-order valence-electron chi connectivity index (χ2n) is 6.09. The fourth-order valence-corrected chi connectivity index (χ4v) is 3.06. The maximum absolute atomic E-state index is 12.7. The van der Waals surface area contributed by atoms with Gasteiger partial charge in [-0.2, -0.15) is 5.26 Å². The van der Waals surface area contributed by atoms with Crippen LogP contribution in [0.5, 0.6) is 11.5 Å². The Hall–Kier alpha value is -3.53. The zero-order chi connectivity index (χ0) is 19.4. The normalized spacial score (nSPS) is 16.0. The van der Waals surface area contributed by atoms with Gasteiger partial charge in [-0.1, -0.05) is 12.1 Å². The van der Waals surface area contributed by atoms with E-state index in [4.69, 9.17) is 9.47 Å². The van der Waals surface area contributed by atoms with Crippen LogP contribution in [0, 0.1) is 17.2 Å². The molecule has 0 saturated carbocycles. The molecule has 0 radical (unpaired) electrons. The SMILES string of the molecule is COc1ccc(NC(=O)C2CC(=O)N(c3ccccc3C#N)C2)c(OC)c1. The molecule has 2 aromatic carbocycles. The lowest BCUT2D eigenvalue weighted by Crippen LogP contribution is -2.28. The molecule has 138 valence electrons. The molecule has 0 spiro atoms. The van der Waals surface area contributed by atoms with Gasteiger partial charge in [0, 0.05) is 19.0 Å². The lowest BCUT2D eigenvalue weighted by molar-refractivity contribution is -0.122. The maximum atomic E-state index is 12.7. The molecule has 27 heavy (non-hydrogen) atoms. The van der Waals surface area contributed by atoms with Crippen LogP contribution in [0.4, 0.5) is 11.4 Å². The Labute approximate surface area is 157 Å². The number of anilines is 2. The van der Waals surface area contributed by atoms with Gasteiger partial charge < -0.3 is 19.7 Å². The van der Waals surface area contributed by atoms with Gasteiger partial charge in [0.05, 0.1) is 37.1 Å². The third-order valence-electron chi connectivity index (χ3n) is 4.48. The molecule has 0 aliphatic carbocycles. The topological polar surface area (TPSA) is 91.7 Å². The minimum atomic E-state index is -0.518. The van der Waals surface area contributed by atoms with Crippen LogP contribution in [0.2, 0.25) is 0 Å². The van der Waals surface area contributed by atoms with Crippen molar-refractivity contribution in [2.75, 3.05) is 31.0 Å². The van der Waals surface area contributed by atoms with Gasteiger partial charge in [-0.15, -0.1) is 0 Å². The van der Waals surface area contributed by atoms with Gasteiger partial charge in [0.1, 0.15) is 17.6 Å². The molecule has 0 bridgehead atoms. The first kappa shape index (κ1) is 18.3. The maximum Gasteiger partial charge on any atom is 0.229 e. The number of benzene rings is 2. The van der Waals surface area contributed by atoms with E-state index in [2.05, 4.69) is 11.4 Å². The number of rotatable bonds is 5. The van der Waals surface area contributed by atoms with Crippen LogP contribution in [0.3, 0.4) is 0 Å². The molecule has 1 fully saturated rings. The Balaban J connectivity index is 1.76. The Bertz CT molecular complexity index is 920. The molecule has 2 aromatic rings. The first-order valence-electron chi connectivity index (χ1n) is 8.39. The van der Waals surface area contributed by atoms with Crippen LogP contribution >= 0.6 is 0 Å². The number of nitrogens with zero attached hydrogens (tertiary/aromatic N) is 2. The molecular formula is C20H19N3O4. The third-order valence-corrected chi connectivity index (χ3v) is 4.48. The number of nitriles is 1. The quantitative estimate of drug-likeness (QED) is 0.879. The van der Waals surface area contributed by atoms with Crippen molar-refractivity contribution in [3.05, 3.63) is 48.0 Å². The van der Waals surface area contributed by atoms with Crippen LogP contribution in [-0.4, -0.2) is 32.6 Å². The molecule has 1 saturated heterocycles. The Morgan fingerprint density at radius 2 is 2.00 bits per heavy atom. The molecule has 1 aliphatic rings. The third kappa shape index (κ3) is 3.70. The zero-order valence-corrected chi connectivity index (χ0v) is 15.1. The van der Waals surface area contributed by atoms with Crippen molar-refractivity contribution in [1.82, 2.24) is 0 Å². The van der Waals surface area contributed by atoms with Crippen molar-refractivity contribution in [2.24, 2.45) is 5.92 Å². The average Bonchev–Trinajstić information content (AvgIpc) is 3.09. The van der Waals surface area contributed by atoms with Crippen LogP contribution in [0.15, 0.2) is 42.5 Å². The molecular weight excluding hydrogens is 346 g/mol. The molecule has 1 N–H and O–H groups in total. The van der Waals surface area contributed by atoms with E-state index in [0.717, 1.165) is 0 Å². The Morgan fingerprint density at radius 1 is 1.22 bits per heavy atom. The molecule has 7 nitrogen and oxygen atoms in total. The summed E-state index contributed by atoms with van der Waals surface area (Å²) < 4.78 is 10.4. The fraction of sp³-hybridized carbons (Fsp3) is 0.250. The highest BCUT2D eigenvalue weighted by molar-refractivity contribution is 6.04. The van der Waals surface area contributed by atoms with Gasteiger partial charge in [0.2, 0.25) is 11.8 Å². The van der Waals surface area contributed by atoms with Crippen LogP contribution in [0.1, 0.15) is 12.0 Å². The van der Waals surface area contributed by atoms with Gasteiger partial charge in [-0.25, -0.2) is 0 Å². The van der Waals surface area contributed by atoms with E-state index in [1.807, 2.05) is 0 Å². The van der Waals surface area contributed by atoms with Crippen LogP contribution < -0.4 is 19.7 Å². The van der Waals surface area contributed by atoms with E-state index in [1.54, 1.807) is 49.6 Å². The average molecular weight is 365 g/mol. The Kier molecular flexibility index (Phi) is 5.27. The summed E-state index contributed by atoms with van der Waals surface area (Å²) in [5, 5.41) is 12.1. The second kappa shape index (κ2) is 7.79. The summed E-state index contributed by atoms with van der Waals surface area (Å²) >= 11 is 0. The number of para-hydroxylation sites is 1. The number of hydrogen-bond donors (Lipinski definition) is 1. The highest BCUT2D eigenvalue weighted by Gasteiger charge is 2.36. The molecule has 2 amide bonds.